The number of ether oxygens (including phenoxy) is 1. The van der Waals surface area contributed by atoms with E-state index in [0.717, 1.165) is 0 Å². The number of nitrogens with zero attached hydrogens (tertiary/aromatic N) is 2. The predicted octanol–water partition coefficient (Wildman–Crippen LogP) is 3.22. The van der Waals surface area contributed by atoms with Gasteiger partial charge in [-0.25, -0.2) is 0 Å². The molecule has 1 atom stereocenters. The molecule has 0 saturated carbocycles. The molecule has 0 spiro atoms. The van der Waals surface area contributed by atoms with E-state index in [2.05, 4.69) is 5.32 Å². The van der Waals surface area contributed by atoms with Crippen LogP contribution in [0.4, 0.5) is 17.1 Å². The molecule has 0 aliphatic heterocycles. The number of rotatable bonds is 6. The molecule has 2 aromatic carbocycles. The van der Waals surface area contributed by atoms with Crippen molar-refractivity contribution in [2.45, 2.75) is 20.0 Å². The fourth-order valence-electron chi connectivity index (χ4n) is 2.00. The second-order valence-electron chi connectivity index (χ2n) is 5.26. The summed E-state index contributed by atoms with van der Waals surface area (Å²) in [5.41, 5.74) is 0.765. The van der Waals surface area contributed by atoms with Crippen molar-refractivity contribution >= 4 is 23.0 Å². The number of carbonyl (C=O) groups excluding carboxylic acids is 1. The molecule has 0 aromatic heterocycles. The number of aryl methyl sites for hydroxylation is 1. The number of benzene rings is 2. The number of non-ortho nitro benzene ring substituents is 2. The monoisotopic (exact) mass is 345 g/mol. The van der Waals surface area contributed by atoms with Crippen LogP contribution in [0.2, 0.25) is 0 Å². The molecule has 0 radical (unpaired) electrons. The molecule has 0 bridgehead atoms. The molecule has 0 saturated heterocycles. The van der Waals surface area contributed by atoms with Gasteiger partial charge in [-0.3, -0.25) is 25.0 Å². The Hall–Kier alpha value is -3.49. The van der Waals surface area contributed by atoms with E-state index in [1.807, 2.05) is 0 Å². The van der Waals surface area contributed by atoms with Gasteiger partial charge in [0.2, 0.25) is 0 Å². The van der Waals surface area contributed by atoms with Crippen LogP contribution >= 0.6 is 0 Å². The van der Waals surface area contributed by atoms with Crippen LogP contribution in [0.3, 0.4) is 0 Å². The van der Waals surface area contributed by atoms with Gasteiger partial charge in [-0.05, 0) is 31.5 Å². The van der Waals surface area contributed by atoms with Gasteiger partial charge in [-0.1, -0.05) is 6.07 Å². The minimum atomic E-state index is -0.903. The highest BCUT2D eigenvalue weighted by molar-refractivity contribution is 5.95. The predicted molar refractivity (Wildman–Crippen MR) is 89.6 cm³/mol. The first-order valence-corrected chi connectivity index (χ1v) is 7.25. The Morgan fingerprint density at radius 3 is 2.16 bits per heavy atom. The Kier molecular flexibility index (Phi) is 5.28. The Bertz CT molecular complexity index is 819. The highest BCUT2D eigenvalue weighted by Crippen LogP contribution is 2.23. The molecule has 25 heavy (non-hydrogen) atoms. The molecule has 2 aromatic rings. The smallest absolute Gasteiger partial charge is 0.271 e. The number of hydrogen-bond acceptors (Lipinski definition) is 6. The van der Waals surface area contributed by atoms with Crippen LogP contribution in [0.5, 0.6) is 5.75 Å². The van der Waals surface area contributed by atoms with Crippen molar-refractivity contribution in [1.82, 2.24) is 0 Å². The van der Waals surface area contributed by atoms with Gasteiger partial charge in [0.15, 0.2) is 6.10 Å². The first-order chi connectivity index (χ1) is 11.8. The summed E-state index contributed by atoms with van der Waals surface area (Å²) in [4.78, 5) is 32.6. The summed E-state index contributed by atoms with van der Waals surface area (Å²) in [6, 6.07) is 9.47. The molecular weight excluding hydrogens is 330 g/mol. The Labute approximate surface area is 142 Å². The summed E-state index contributed by atoms with van der Waals surface area (Å²) < 4.78 is 5.43. The van der Waals surface area contributed by atoms with Crippen molar-refractivity contribution in [3.8, 4) is 5.75 Å². The third-order valence-corrected chi connectivity index (χ3v) is 3.42. The van der Waals surface area contributed by atoms with Gasteiger partial charge >= 0.3 is 0 Å². The first kappa shape index (κ1) is 17.9. The highest BCUT2D eigenvalue weighted by atomic mass is 16.6. The lowest BCUT2D eigenvalue weighted by Gasteiger charge is -2.15. The first-order valence-electron chi connectivity index (χ1n) is 7.25. The largest absolute Gasteiger partial charge is 0.481 e. The van der Waals surface area contributed by atoms with Crippen LogP contribution in [-0.4, -0.2) is 21.9 Å². The second kappa shape index (κ2) is 7.39. The van der Waals surface area contributed by atoms with Crippen LogP contribution in [0.15, 0.2) is 42.5 Å². The minimum Gasteiger partial charge on any atom is -0.481 e. The quantitative estimate of drug-likeness (QED) is 0.633. The molecule has 130 valence electrons. The number of nitro benzene ring substituents is 2. The van der Waals surface area contributed by atoms with Crippen molar-refractivity contribution in [3.63, 3.8) is 0 Å². The lowest BCUT2D eigenvalue weighted by Crippen LogP contribution is -2.30. The van der Waals surface area contributed by atoms with Crippen LogP contribution in [0.25, 0.3) is 0 Å². The highest BCUT2D eigenvalue weighted by Gasteiger charge is 2.18. The zero-order valence-corrected chi connectivity index (χ0v) is 13.5. The van der Waals surface area contributed by atoms with E-state index in [1.165, 1.54) is 49.4 Å². The minimum absolute atomic E-state index is 0.0864. The summed E-state index contributed by atoms with van der Waals surface area (Å²) in [6.45, 7) is 3.21. The van der Waals surface area contributed by atoms with E-state index in [1.54, 1.807) is 6.92 Å². The number of anilines is 1. The number of nitro groups is 2. The fraction of sp³-hybridized carbons (Fsp3) is 0.188. The zero-order valence-electron chi connectivity index (χ0n) is 13.5. The average molecular weight is 345 g/mol. The summed E-state index contributed by atoms with van der Waals surface area (Å²) in [7, 11) is 0. The SMILES string of the molecule is Cc1ccc([N+](=O)[O-])cc1NC(=O)C(C)Oc1ccc([N+](=O)[O-])cc1. The molecule has 2 rings (SSSR count). The molecule has 0 aliphatic carbocycles. The Balaban J connectivity index is 2.06. The van der Waals surface area contributed by atoms with Gasteiger partial charge in [0.1, 0.15) is 5.75 Å². The summed E-state index contributed by atoms with van der Waals surface area (Å²) in [5, 5.41) is 24.0. The van der Waals surface area contributed by atoms with Crippen LogP contribution in [0.1, 0.15) is 12.5 Å². The third kappa shape index (κ3) is 4.50. The van der Waals surface area contributed by atoms with Crippen LogP contribution < -0.4 is 10.1 Å². The van der Waals surface area contributed by atoms with Gasteiger partial charge in [0.25, 0.3) is 17.3 Å². The van der Waals surface area contributed by atoms with Gasteiger partial charge in [0.05, 0.1) is 15.5 Å². The van der Waals surface area contributed by atoms with Crippen molar-refractivity contribution in [2.24, 2.45) is 0 Å². The van der Waals surface area contributed by atoms with E-state index < -0.39 is 21.9 Å². The standard InChI is InChI=1S/C16H15N3O6/c1-10-3-4-13(19(23)24)9-15(10)17-16(20)11(2)25-14-7-5-12(6-8-14)18(21)22/h3-9,11H,1-2H3,(H,17,20). The maximum Gasteiger partial charge on any atom is 0.271 e. The summed E-state index contributed by atoms with van der Waals surface area (Å²) in [5.74, 6) is -0.203. The average Bonchev–Trinajstić information content (AvgIpc) is 2.57. The number of amides is 1. The maximum atomic E-state index is 12.2. The van der Waals surface area contributed by atoms with Gasteiger partial charge in [-0.15, -0.1) is 0 Å². The second-order valence-corrected chi connectivity index (χ2v) is 5.26. The number of hydrogen-bond donors (Lipinski definition) is 1. The van der Waals surface area contributed by atoms with E-state index in [-0.39, 0.29) is 11.4 Å². The maximum absolute atomic E-state index is 12.2. The van der Waals surface area contributed by atoms with E-state index in [9.17, 15) is 25.0 Å². The lowest BCUT2D eigenvalue weighted by molar-refractivity contribution is -0.385. The van der Waals surface area contributed by atoms with Crippen molar-refractivity contribution in [3.05, 3.63) is 68.3 Å². The van der Waals surface area contributed by atoms with Crippen molar-refractivity contribution in [1.29, 1.82) is 0 Å². The molecule has 0 aliphatic rings. The van der Waals surface area contributed by atoms with Gasteiger partial charge in [-0.2, -0.15) is 0 Å². The van der Waals surface area contributed by atoms with Crippen molar-refractivity contribution < 1.29 is 19.4 Å². The van der Waals surface area contributed by atoms with E-state index in [4.69, 9.17) is 4.74 Å². The molecule has 9 nitrogen and oxygen atoms in total. The van der Waals surface area contributed by atoms with Crippen molar-refractivity contribution in [2.75, 3.05) is 5.32 Å². The molecule has 1 N–H and O–H groups in total. The lowest BCUT2D eigenvalue weighted by atomic mass is 10.1. The Morgan fingerprint density at radius 1 is 1.04 bits per heavy atom. The van der Waals surface area contributed by atoms with Crippen LogP contribution in [-0.2, 0) is 4.79 Å². The fourth-order valence-corrected chi connectivity index (χ4v) is 2.00. The molecule has 1 amide bonds. The van der Waals surface area contributed by atoms with Crippen LogP contribution in [0, 0.1) is 27.2 Å². The van der Waals surface area contributed by atoms with Gasteiger partial charge in [0, 0.05) is 24.3 Å². The third-order valence-electron chi connectivity index (χ3n) is 3.42. The molecule has 0 fully saturated rings. The molecule has 1 unspecified atom stereocenters. The van der Waals surface area contributed by atoms with E-state index in [0.29, 0.717) is 17.0 Å². The molecular formula is C16H15N3O6. The van der Waals surface area contributed by atoms with E-state index >= 15 is 0 Å². The normalized spacial score (nSPS) is 11.4. The topological polar surface area (TPSA) is 125 Å². The number of nitrogens with one attached hydrogen (secondary N) is 1. The Morgan fingerprint density at radius 2 is 1.60 bits per heavy atom. The number of carbonyl (C=O) groups is 1. The van der Waals surface area contributed by atoms with Gasteiger partial charge < -0.3 is 10.1 Å². The summed E-state index contributed by atoms with van der Waals surface area (Å²) >= 11 is 0. The zero-order chi connectivity index (χ0) is 18.6. The summed E-state index contributed by atoms with van der Waals surface area (Å²) in [6.07, 6.45) is -0.903. The molecule has 9 heteroatoms. The molecule has 0 heterocycles.